The topological polar surface area (TPSA) is 47.6 Å². The van der Waals surface area contributed by atoms with E-state index in [9.17, 15) is 4.79 Å². The highest BCUT2D eigenvalue weighted by molar-refractivity contribution is 5.81. The van der Waals surface area contributed by atoms with Gasteiger partial charge in [0, 0.05) is 0 Å². The van der Waals surface area contributed by atoms with Crippen molar-refractivity contribution in [2.24, 2.45) is 0 Å². The van der Waals surface area contributed by atoms with Crippen LogP contribution in [0.4, 0.5) is 0 Å². The van der Waals surface area contributed by atoms with Crippen LogP contribution in [0.3, 0.4) is 0 Å². The van der Waals surface area contributed by atoms with E-state index in [0.717, 1.165) is 17.1 Å². The lowest BCUT2D eigenvalue weighted by Crippen LogP contribution is -2.39. The van der Waals surface area contributed by atoms with E-state index in [1.807, 2.05) is 69.3 Å². The van der Waals surface area contributed by atoms with Crippen molar-refractivity contribution in [2.45, 2.75) is 33.3 Å². The van der Waals surface area contributed by atoms with Gasteiger partial charge in [-0.3, -0.25) is 4.79 Å². The Hall–Kier alpha value is -2.49. The van der Waals surface area contributed by atoms with E-state index in [4.69, 9.17) is 9.47 Å². The summed E-state index contributed by atoms with van der Waals surface area (Å²) in [5.41, 5.74) is 2.21. The van der Waals surface area contributed by atoms with E-state index < -0.39 is 6.10 Å². The van der Waals surface area contributed by atoms with Gasteiger partial charge in [0.2, 0.25) is 0 Å². The number of rotatable bonds is 8. The standard InChI is InChI=1S/C20H25NO3/c1-4-18(24-19-8-6-5-7-16(19)3)20(22)21-13-14-23-17-11-9-15(2)10-12-17/h5-12,18H,4,13-14H2,1-3H3,(H,21,22)/t18-/m1/s1. The van der Waals surface area contributed by atoms with Crippen LogP contribution in [0.1, 0.15) is 24.5 Å². The van der Waals surface area contributed by atoms with Crippen molar-refractivity contribution in [1.29, 1.82) is 0 Å². The summed E-state index contributed by atoms with van der Waals surface area (Å²) >= 11 is 0. The molecule has 0 heterocycles. The molecule has 0 spiro atoms. The predicted octanol–water partition coefficient (Wildman–Crippen LogP) is 3.66. The first kappa shape index (κ1) is 17.9. The molecule has 1 atom stereocenters. The van der Waals surface area contributed by atoms with Gasteiger partial charge in [-0.2, -0.15) is 0 Å². The van der Waals surface area contributed by atoms with Gasteiger partial charge in [-0.25, -0.2) is 0 Å². The number of benzene rings is 2. The molecule has 0 aliphatic rings. The second kappa shape index (κ2) is 8.96. The summed E-state index contributed by atoms with van der Waals surface area (Å²) in [6, 6.07) is 15.5. The zero-order valence-electron chi connectivity index (χ0n) is 14.5. The molecule has 24 heavy (non-hydrogen) atoms. The zero-order valence-corrected chi connectivity index (χ0v) is 14.5. The van der Waals surface area contributed by atoms with Gasteiger partial charge in [-0.1, -0.05) is 42.8 Å². The first-order chi connectivity index (χ1) is 11.6. The summed E-state index contributed by atoms with van der Waals surface area (Å²) in [4.78, 5) is 12.3. The molecule has 4 nitrogen and oxygen atoms in total. The molecule has 0 aliphatic heterocycles. The van der Waals surface area contributed by atoms with Gasteiger partial charge in [0.15, 0.2) is 6.10 Å². The highest BCUT2D eigenvalue weighted by Gasteiger charge is 2.18. The maximum absolute atomic E-state index is 12.3. The largest absolute Gasteiger partial charge is 0.492 e. The maximum atomic E-state index is 12.3. The Morgan fingerprint density at radius 3 is 2.46 bits per heavy atom. The van der Waals surface area contributed by atoms with Crippen LogP contribution < -0.4 is 14.8 Å². The van der Waals surface area contributed by atoms with Gasteiger partial charge in [-0.15, -0.1) is 0 Å². The summed E-state index contributed by atoms with van der Waals surface area (Å²) in [6.07, 6.45) is 0.115. The number of ether oxygens (including phenoxy) is 2. The molecule has 4 heteroatoms. The summed E-state index contributed by atoms with van der Waals surface area (Å²) in [5, 5.41) is 2.87. The van der Waals surface area contributed by atoms with Crippen molar-refractivity contribution in [3.8, 4) is 11.5 Å². The van der Waals surface area contributed by atoms with Crippen LogP contribution in [0, 0.1) is 13.8 Å². The number of carbonyl (C=O) groups is 1. The average Bonchev–Trinajstić information content (AvgIpc) is 2.59. The van der Waals surface area contributed by atoms with E-state index in [1.165, 1.54) is 5.56 Å². The smallest absolute Gasteiger partial charge is 0.261 e. The van der Waals surface area contributed by atoms with Gasteiger partial charge in [-0.05, 0) is 44.0 Å². The van der Waals surface area contributed by atoms with Crippen molar-refractivity contribution in [3.05, 3.63) is 59.7 Å². The second-order valence-electron chi connectivity index (χ2n) is 5.73. The summed E-state index contributed by atoms with van der Waals surface area (Å²) in [7, 11) is 0. The fraction of sp³-hybridized carbons (Fsp3) is 0.350. The molecule has 0 saturated heterocycles. The molecule has 0 saturated carbocycles. The summed E-state index contributed by atoms with van der Waals surface area (Å²) in [6.45, 7) is 6.81. The fourth-order valence-corrected chi connectivity index (χ4v) is 2.26. The third kappa shape index (κ3) is 5.30. The lowest BCUT2D eigenvalue weighted by atomic mass is 10.2. The molecule has 2 rings (SSSR count). The number of nitrogens with one attached hydrogen (secondary N) is 1. The predicted molar refractivity (Wildman–Crippen MR) is 95.6 cm³/mol. The highest BCUT2D eigenvalue weighted by atomic mass is 16.5. The van der Waals surface area contributed by atoms with Crippen LogP contribution >= 0.6 is 0 Å². The Balaban J connectivity index is 1.77. The van der Waals surface area contributed by atoms with Crippen LogP contribution in [0.15, 0.2) is 48.5 Å². The van der Waals surface area contributed by atoms with Crippen molar-refractivity contribution < 1.29 is 14.3 Å². The van der Waals surface area contributed by atoms with Gasteiger partial charge >= 0.3 is 0 Å². The normalized spacial score (nSPS) is 11.6. The average molecular weight is 327 g/mol. The van der Waals surface area contributed by atoms with E-state index in [2.05, 4.69) is 5.32 Å². The second-order valence-corrected chi connectivity index (χ2v) is 5.73. The number of para-hydroxylation sites is 1. The first-order valence-electron chi connectivity index (χ1n) is 8.29. The van der Waals surface area contributed by atoms with Crippen LogP contribution in [-0.2, 0) is 4.79 Å². The summed E-state index contributed by atoms with van der Waals surface area (Å²) < 4.78 is 11.4. The molecule has 2 aromatic rings. The molecular weight excluding hydrogens is 302 g/mol. The van der Waals surface area contributed by atoms with E-state index >= 15 is 0 Å². The number of amides is 1. The molecule has 1 N–H and O–H groups in total. The number of hydrogen-bond donors (Lipinski definition) is 1. The molecule has 2 aromatic carbocycles. The minimum absolute atomic E-state index is 0.117. The Labute approximate surface area is 143 Å². The molecule has 128 valence electrons. The van der Waals surface area contributed by atoms with Crippen LogP contribution in [-0.4, -0.2) is 25.2 Å². The van der Waals surface area contributed by atoms with Crippen molar-refractivity contribution >= 4 is 5.91 Å². The fourth-order valence-electron chi connectivity index (χ4n) is 2.26. The minimum atomic E-state index is -0.495. The van der Waals surface area contributed by atoms with Crippen molar-refractivity contribution in [2.75, 3.05) is 13.2 Å². The number of carbonyl (C=O) groups excluding carboxylic acids is 1. The first-order valence-corrected chi connectivity index (χ1v) is 8.29. The third-order valence-corrected chi connectivity index (χ3v) is 3.72. The monoisotopic (exact) mass is 327 g/mol. The molecule has 0 unspecified atom stereocenters. The van der Waals surface area contributed by atoms with Gasteiger partial charge in [0.25, 0.3) is 5.91 Å². The zero-order chi connectivity index (χ0) is 17.4. The quantitative estimate of drug-likeness (QED) is 0.753. The highest BCUT2D eigenvalue weighted by Crippen LogP contribution is 2.18. The molecule has 1 amide bonds. The van der Waals surface area contributed by atoms with Crippen molar-refractivity contribution in [1.82, 2.24) is 5.32 Å². The van der Waals surface area contributed by atoms with Crippen LogP contribution in [0.2, 0.25) is 0 Å². The van der Waals surface area contributed by atoms with Crippen molar-refractivity contribution in [3.63, 3.8) is 0 Å². The van der Waals surface area contributed by atoms with Crippen LogP contribution in [0.25, 0.3) is 0 Å². The number of hydrogen-bond acceptors (Lipinski definition) is 3. The molecule has 0 aliphatic carbocycles. The van der Waals surface area contributed by atoms with Gasteiger partial charge in [0.05, 0.1) is 6.54 Å². The van der Waals surface area contributed by atoms with E-state index in [0.29, 0.717) is 19.6 Å². The van der Waals surface area contributed by atoms with E-state index in [1.54, 1.807) is 0 Å². The Morgan fingerprint density at radius 1 is 1.08 bits per heavy atom. The molecular formula is C20H25NO3. The summed E-state index contributed by atoms with van der Waals surface area (Å²) in [5.74, 6) is 1.43. The number of aryl methyl sites for hydroxylation is 2. The van der Waals surface area contributed by atoms with Crippen LogP contribution in [0.5, 0.6) is 11.5 Å². The molecule has 0 bridgehead atoms. The van der Waals surface area contributed by atoms with Gasteiger partial charge in [0.1, 0.15) is 18.1 Å². The molecule has 0 aromatic heterocycles. The Kier molecular flexibility index (Phi) is 6.67. The molecule has 0 fully saturated rings. The maximum Gasteiger partial charge on any atom is 0.261 e. The minimum Gasteiger partial charge on any atom is -0.492 e. The SMILES string of the molecule is CC[C@@H](Oc1ccccc1C)C(=O)NCCOc1ccc(C)cc1. The Morgan fingerprint density at radius 2 is 1.79 bits per heavy atom. The van der Waals surface area contributed by atoms with E-state index in [-0.39, 0.29) is 5.91 Å². The molecule has 0 radical (unpaired) electrons. The Bertz CT molecular complexity index is 652. The van der Waals surface area contributed by atoms with Gasteiger partial charge < -0.3 is 14.8 Å². The third-order valence-electron chi connectivity index (χ3n) is 3.72. The lowest BCUT2D eigenvalue weighted by Gasteiger charge is -2.18. The lowest BCUT2D eigenvalue weighted by molar-refractivity contribution is -0.128.